The van der Waals surface area contributed by atoms with Gasteiger partial charge in [-0.1, -0.05) is 72.8 Å². The molecule has 244 valence electrons. The van der Waals surface area contributed by atoms with E-state index < -0.39 is 35.3 Å². The lowest BCUT2D eigenvalue weighted by atomic mass is 9.80. The van der Waals surface area contributed by atoms with Crippen molar-refractivity contribution in [2.75, 3.05) is 20.8 Å². The number of aliphatic hydroxyl groups excluding tert-OH is 1. The molecular formula is C38H34N2O8. The first-order valence-electron chi connectivity index (χ1n) is 15.6. The molecule has 3 heterocycles. The van der Waals surface area contributed by atoms with Gasteiger partial charge in [0.05, 0.1) is 32.5 Å². The van der Waals surface area contributed by atoms with Crippen LogP contribution >= 0.6 is 0 Å². The molecule has 1 aliphatic heterocycles. The number of nitrogens with one attached hydrogen (secondary N) is 1. The normalized spacial score (nSPS) is 17.9. The number of aromatic amines is 1. The van der Waals surface area contributed by atoms with Crippen molar-refractivity contribution in [3.05, 3.63) is 153 Å². The molecule has 0 radical (unpaired) electrons. The minimum absolute atomic E-state index is 0.0286. The lowest BCUT2D eigenvalue weighted by Gasteiger charge is -2.37. The highest BCUT2D eigenvalue weighted by molar-refractivity contribution is 5.82. The van der Waals surface area contributed by atoms with E-state index >= 15 is 0 Å². The Bertz CT molecular complexity index is 2050. The van der Waals surface area contributed by atoms with Crippen LogP contribution in [0.5, 0.6) is 11.5 Å². The fourth-order valence-electron chi connectivity index (χ4n) is 6.31. The fraction of sp³-hybridized carbons (Fsp3) is 0.211. The summed E-state index contributed by atoms with van der Waals surface area (Å²) in [5.74, 6) is 1.71. The molecule has 1 aliphatic rings. The molecule has 1 saturated heterocycles. The SMILES string of the molecule is COc1ccc(C(OC[C@H]2O[C@@H](n3cc(-c4cc5ccccc5o4)c(=O)[nH]c3=O)C[C@@H]2O)(c2ccccc2)c2ccc(OC)cc2)cc1. The molecule has 0 aliphatic carbocycles. The van der Waals surface area contributed by atoms with Crippen LogP contribution < -0.4 is 20.7 Å². The summed E-state index contributed by atoms with van der Waals surface area (Å²) in [5.41, 5.74) is 0.943. The van der Waals surface area contributed by atoms with Gasteiger partial charge < -0.3 is 28.5 Å². The number of fused-ring (bicyclic) bond motifs is 1. The van der Waals surface area contributed by atoms with Crippen LogP contribution in [-0.2, 0) is 15.1 Å². The zero-order valence-electron chi connectivity index (χ0n) is 26.4. The van der Waals surface area contributed by atoms with Crippen molar-refractivity contribution in [2.45, 2.75) is 30.5 Å². The third-order valence-electron chi connectivity index (χ3n) is 8.81. The molecule has 3 atom stereocenters. The number of para-hydroxylation sites is 1. The predicted octanol–water partition coefficient (Wildman–Crippen LogP) is 5.62. The molecular weight excluding hydrogens is 612 g/mol. The molecule has 0 bridgehead atoms. The first-order valence-corrected chi connectivity index (χ1v) is 15.6. The standard InChI is InChI=1S/C38H34N2O8/c1-44-28-16-12-26(13-17-28)38(25-9-4-3-5-10-25,27-14-18-29(45-2)19-15-27)46-23-34-31(41)21-35(48-34)40-22-30(36(42)39-37(40)43)33-20-24-8-6-7-11-32(24)47-33/h3-20,22,31,34-35,41H,21,23H2,1-2H3,(H,39,42,43)/t31-,34+,35+/m0/s1. The number of rotatable bonds is 10. The Morgan fingerprint density at radius 3 is 2.06 bits per heavy atom. The number of aromatic nitrogens is 2. The minimum atomic E-state index is -1.12. The van der Waals surface area contributed by atoms with E-state index in [1.165, 1.54) is 10.8 Å². The molecule has 0 amide bonds. The van der Waals surface area contributed by atoms with E-state index in [0.29, 0.717) is 22.8 Å². The van der Waals surface area contributed by atoms with Gasteiger partial charge in [-0.15, -0.1) is 0 Å². The molecule has 10 heteroatoms. The highest BCUT2D eigenvalue weighted by atomic mass is 16.6. The summed E-state index contributed by atoms with van der Waals surface area (Å²) in [6, 6.07) is 34.2. The number of benzene rings is 4. The molecule has 0 saturated carbocycles. The van der Waals surface area contributed by atoms with Gasteiger partial charge in [0.1, 0.15) is 40.8 Å². The molecule has 1 fully saturated rings. The molecule has 0 unspecified atom stereocenters. The van der Waals surface area contributed by atoms with E-state index in [1.807, 2.05) is 97.1 Å². The van der Waals surface area contributed by atoms with Gasteiger partial charge in [-0.25, -0.2) is 4.79 Å². The highest BCUT2D eigenvalue weighted by Crippen LogP contribution is 2.42. The second-order valence-corrected chi connectivity index (χ2v) is 11.6. The Kier molecular flexibility index (Phi) is 8.45. The lowest BCUT2D eigenvalue weighted by molar-refractivity contribution is -0.0944. The number of hydrogen-bond acceptors (Lipinski definition) is 8. The number of nitrogens with zero attached hydrogens (tertiary/aromatic N) is 1. The highest BCUT2D eigenvalue weighted by Gasteiger charge is 2.42. The Hall–Kier alpha value is -5.42. The first-order chi connectivity index (χ1) is 23.4. The Morgan fingerprint density at radius 1 is 0.833 bits per heavy atom. The Labute approximate surface area is 275 Å². The predicted molar refractivity (Wildman–Crippen MR) is 179 cm³/mol. The van der Waals surface area contributed by atoms with Crippen LogP contribution in [0, 0.1) is 0 Å². The van der Waals surface area contributed by atoms with Crippen molar-refractivity contribution >= 4 is 11.0 Å². The minimum Gasteiger partial charge on any atom is -0.497 e. The molecule has 2 aromatic heterocycles. The topological polar surface area (TPSA) is 125 Å². The van der Waals surface area contributed by atoms with E-state index in [-0.39, 0.29) is 18.6 Å². The summed E-state index contributed by atoms with van der Waals surface area (Å²) in [4.78, 5) is 28.3. The lowest BCUT2D eigenvalue weighted by Crippen LogP contribution is -2.38. The second-order valence-electron chi connectivity index (χ2n) is 11.6. The van der Waals surface area contributed by atoms with Gasteiger partial charge in [-0.05, 0) is 53.1 Å². The molecule has 4 aromatic carbocycles. The van der Waals surface area contributed by atoms with Crippen molar-refractivity contribution in [3.8, 4) is 22.8 Å². The maximum Gasteiger partial charge on any atom is 0.330 e. The number of methoxy groups -OCH3 is 2. The maximum atomic E-state index is 13.0. The van der Waals surface area contributed by atoms with E-state index in [4.69, 9.17) is 23.4 Å². The zero-order chi connectivity index (χ0) is 33.3. The molecule has 6 aromatic rings. The van der Waals surface area contributed by atoms with Crippen molar-refractivity contribution in [3.63, 3.8) is 0 Å². The van der Waals surface area contributed by atoms with E-state index in [9.17, 15) is 14.7 Å². The van der Waals surface area contributed by atoms with E-state index in [0.717, 1.165) is 22.1 Å². The van der Waals surface area contributed by atoms with Gasteiger partial charge >= 0.3 is 5.69 Å². The summed E-state index contributed by atoms with van der Waals surface area (Å²) in [7, 11) is 3.23. The molecule has 2 N–H and O–H groups in total. The Balaban J connectivity index is 1.23. The fourth-order valence-corrected chi connectivity index (χ4v) is 6.31. The van der Waals surface area contributed by atoms with Crippen molar-refractivity contribution < 1.29 is 28.5 Å². The summed E-state index contributed by atoms with van der Waals surface area (Å²) in [5, 5.41) is 12.1. The van der Waals surface area contributed by atoms with E-state index in [1.54, 1.807) is 26.4 Å². The third-order valence-corrected chi connectivity index (χ3v) is 8.81. The number of aliphatic hydroxyl groups is 1. The van der Waals surface area contributed by atoms with E-state index in [2.05, 4.69) is 4.98 Å². The average molecular weight is 647 g/mol. The molecule has 10 nitrogen and oxygen atoms in total. The Morgan fingerprint density at radius 2 is 1.44 bits per heavy atom. The summed E-state index contributed by atoms with van der Waals surface area (Å²) < 4.78 is 31.3. The van der Waals surface area contributed by atoms with Gasteiger partial charge in [0.2, 0.25) is 0 Å². The van der Waals surface area contributed by atoms with Gasteiger partial charge in [0.25, 0.3) is 5.56 Å². The van der Waals surface area contributed by atoms with Crippen LogP contribution in [0.25, 0.3) is 22.3 Å². The quantitative estimate of drug-likeness (QED) is 0.184. The monoisotopic (exact) mass is 646 g/mol. The van der Waals surface area contributed by atoms with Gasteiger partial charge in [-0.2, -0.15) is 0 Å². The van der Waals surface area contributed by atoms with Gasteiger partial charge in [-0.3, -0.25) is 14.3 Å². The van der Waals surface area contributed by atoms with Crippen LogP contribution in [-0.4, -0.2) is 47.7 Å². The molecule has 0 spiro atoms. The second kappa shape index (κ2) is 13.0. The molecule has 48 heavy (non-hydrogen) atoms. The molecule has 7 rings (SSSR count). The maximum absolute atomic E-state index is 13.0. The smallest absolute Gasteiger partial charge is 0.330 e. The van der Waals surface area contributed by atoms with Crippen LogP contribution in [0.1, 0.15) is 29.3 Å². The summed E-state index contributed by atoms with van der Waals surface area (Å²) >= 11 is 0. The number of ether oxygens (including phenoxy) is 4. The largest absolute Gasteiger partial charge is 0.497 e. The van der Waals surface area contributed by atoms with Crippen molar-refractivity contribution in [1.29, 1.82) is 0 Å². The van der Waals surface area contributed by atoms with Gasteiger partial charge in [0.15, 0.2) is 0 Å². The summed E-state index contributed by atoms with van der Waals surface area (Å²) in [6.45, 7) is -0.0286. The number of H-pyrrole nitrogens is 1. The first kappa shape index (κ1) is 31.2. The summed E-state index contributed by atoms with van der Waals surface area (Å²) in [6.07, 6.45) is -1.12. The zero-order valence-corrected chi connectivity index (χ0v) is 26.4. The number of hydrogen-bond donors (Lipinski definition) is 2. The van der Waals surface area contributed by atoms with Crippen LogP contribution in [0.3, 0.4) is 0 Å². The average Bonchev–Trinajstić information content (AvgIpc) is 3.72. The van der Waals surface area contributed by atoms with Crippen molar-refractivity contribution in [1.82, 2.24) is 9.55 Å². The number of furan rings is 1. The third kappa shape index (κ3) is 5.70. The van der Waals surface area contributed by atoms with Crippen LogP contribution in [0.4, 0.5) is 0 Å². The van der Waals surface area contributed by atoms with Crippen LogP contribution in [0.2, 0.25) is 0 Å². The van der Waals surface area contributed by atoms with Crippen molar-refractivity contribution in [2.24, 2.45) is 0 Å². The van der Waals surface area contributed by atoms with Gasteiger partial charge in [0, 0.05) is 18.0 Å². The van der Waals surface area contributed by atoms with Crippen LogP contribution in [0.15, 0.2) is 129 Å².